The van der Waals surface area contributed by atoms with E-state index in [-0.39, 0.29) is 0 Å². The zero-order chi connectivity index (χ0) is 11.1. The molecule has 0 aliphatic carbocycles. The molecule has 2 N–H and O–H groups in total. The second-order valence-electron chi connectivity index (χ2n) is 2.57. The van der Waals surface area contributed by atoms with E-state index in [0.29, 0.717) is 6.54 Å². The highest BCUT2D eigenvalue weighted by atomic mass is 32.1. The van der Waals surface area contributed by atoms with Crippen molar-refractivity contribution in [3.8, 4) is 0 Å². The van der Waals surface area contributed by atoms with E-state index in [1.54, 1.807) is 6.92 Å². The highest BCUT2D eigenvalue weighted by Gasteiger charge is 2.09. The van der Waals surface area contributed by atoms with Gasteiger partial charge in [-0.1, -0.05) is 6.07 Å². The van der Waals surface area contributed by atoms with Crippen molar-refractivity contribution in [2.75, 3.05) is 6.54 Å². The van der Waals surface area contributed by atoms with Gasteiger partial charge in [-0.15, -0.1) is 11.3 Å². The molecule has 1 aromatic rings. The number of carbonyl (C=O) groups excluding carboxylic acids is 2. The first-order chi connectivity index (χ1) is 7.24. The molecule has 1 aromatic heterocycles. The van der Waals surface area contributed by atoms with Crippen LogP contribution >= 0.6 is 11.3 Å². The maximum atomic E-state index is 11.0. The molecule has 0 aliphatic heterocycles. The lowest BCUT2D eigenvalue weighted by Crippen LogP contribution is -2.37. The first-order valence-electron chi connectivity index (χ1n) is 4.38. The average Bonchev–Trinajstić information content (AvgIpc) is 2.71. The third-order valence-electron chi connectivity index (χ3n) is 1.44. The summed E-state index contributed by atoms with van der Waals surface area (Å²) in [6.07, 6.45) is 1.49. The second kappa shape index (κ2) is 5.92. The summed E-state index contributed by atoms with van der Waals surface area (Å²) in [5, 5.41) is 7.90. The fourth-order valence-corrected chi connectivity index (χ4v) is 1.40. The predicted octanol–water partition coefficient (Wildman–Crippen LogP) is 0.334. The van der Waals surface area contributed by atoms with Gasteiger partial charge in [-0.3, -0.25) is 9.59 Å². The van der Waals surface area contributed by atoms with Crippen LogP contribution in [0.5, 0.6) is 0 Å². The Balaban J connectivity index is 2.37. The van der Waals surface area contributed by atoms with Crippen molar-refractivity contribution in [3.05, 3.63) is 22.4 Å². The Bertz CT molecular complexity index is 359. The second-order valence-corrected chi connectivity index (χ2v) is 3.55. The molecule has 0 saturated carbocycles. The molecule has 1 rings (SSSR count). The van der Waals surface area contributed by atoms with E-state index in [1.807, 2.05) is 17.5 Å². The third kappa shape index (κ3) is 3.90. The van der Waals surface area contributed by atoms with E-state index < -0.39 is 11.8 Å². The lowest BCUT2D eigenvalue weighted by atomic mass is 10.5. The molecule has 0 fully saturated rings. The molecule has 1 heterocycles. The minimum absolute atomic E-state index is 0.418. The third-order valence-corrected chi connectivity index (χ3v) is 2.25. The number of likely N-dealkylation sites (N-methyl/N-ethyl adjacent to an activating group) is 1. The van der Waals surface area contributed by atoms with Crippen LogP contribution in [0.2, 0.25) is 0 Å². The molecule has 0 saturated heterocycles. The van der Waals surface area contributed by atoms with Crippen LogP contribution in [0.1, 0.15) is 11.8 Å². The molecule has 5 nitrogen and oxygen atoms in total. The smallest absolute Gasteiger partial charge is 0.329 e. The van der Waals surface area contributed by atoms with Crippen LogP contribution in [-0.2, 0) is 9.59 Å². The van der Waals surface area contributed by atoms with E-state index >= 15 is 0 Å². The summed E-state index contributed by atoms with van der Waals surface area (Å²) in [5.41, 5.74) is 2.13. The van der Waals surface area contributed by atoms with E-state index in [9.17, 15) is 9.59 Å². The van der Waals surface area contributed by atoms with Crippen molar-refractivity contribution in [1.29, 1.82) is 0 Å². The lowest BCUT2D eigenvalue weighted by Gasteiger charge is -1.98. The summed E-state index contributed by atoms with van der Waals surface area (Å²) in [5.74, 6) is -1.44. The Hall–Kier alpha value is -1.69. The molecule has 0 aliphatic rings. The van der Waals surface area contributed by atoms with Gasteiger partial charge in [-0.2, -0.15) is 5.10 Å². The van der Waals surface area contributed by atoms with E-state index in [2.05, 4.69) is 15.8 Å². The minimum atomic E-state index is -0.760. The largest absolute Gasteiger partial charge is 0.348 e. The first-order valence-corrected chi connectivity index (χ1v) is 5.26. The molecular formula is C9H11N3O2S. The molecule has 0 atom stereocenters. The van der Waals surface area contributed by atoms with Crippen molar-refractivity contribution in [3.63, 3.8) is 0 Å². The van der Waals surface area contributed by atoms with Crippen LogP contribution in [0.3, 0.4) is 0 Å². The number of hydrazone groups is 1. The summed E-state index contributed by atoms with van der Waals surface area (Å²) in [7, 11) is 0. The van der Waals surface area contributed by atoms with Gasteiger partial charge in [0.05, 0.1) is 6.21 Å². The van der Waals surface area contributed by atoms with Gasteiger partial charge in [0.25, 0.3) is 0 Å². The van der Waals surface area contributed by atoms with Crippen LogP contribution in [-0.4, -0.2) is 24.6 Å². The zero-order valence-corrected chi connectivity index (χ0v) is 9.00. The van der Waals surface area contributed by atoms with Gasteiger partial charge in [0, 0.05) is 11.4 Å². The molecule has 0 unspecified atom stereocenters. The van der Waals surface area contributed by atoms with Crippen LogP contribution < -0.4 is 10.7 Å². The number of nitrogens with zero attached hydrogens (tertiary/aromatic N) is 1. The molecule has 0 radical (unpaired) electrons. The maximum absolute atomic E-state index is 11.0. The number of thiophene rings is 1. The van der Waals surface area contributed by atoms with Gasteiger partial charge in [-0.05, 0) is 18.4 Å². The quantitative estimate of drug-likeness (QED) is 0.442. The van der Waals surface area contributed by atoms with Crippen LogP contribution in [0.25, 0.3) is 0 Å². The topological polar surface area (TPSA) is 70.6 Å². The summed E-state index contributed by atoms with van der Waals surface area (Å²) >= 11 is 1.49. The molecule has 0 bridgehead atoms. The van der Waals surface area contributed by atoms with Crippen molar-refractivity contribution < 1.29 is 9.59 Å². The van der Waals surface area contributed by atoms with Crippen molar-refractivity contribution >= 4 is 29.4 Å². The van der Waals surface area contributed by atoms with Crippen LogP contribution in [0.15, 0.2) is 22.6 Å². The normalized spacial score (nSPS) is 10.2. The molecule has 80 valence electrons. The van der Waals surface area contributed by atoms with Gasteiger partial charge < -0.3 is 5.32 Å². The number of hydrogen-bond acceptors (Lipinski definition) is 4. The van der Waals surface area contributed by atoms with Crippen molar-refractivity contribution in [1.82, 2.24) is 10.7 Å². The average molecular weight is 225 g/mol. The van der Waals surface area contributed by atoms with E-state index in [1.165, 1.54) is 17.6 Å². The van der Waals surface area contributed by atoms with Gasteiger partial charge in [0.2, 0.25) is 0 Å². The fraction of sp³-hybridized carbons (Fsp3) is 0.222. The monoisotopic (exact) mass is 225 g/mol. The zero-order valence-electron chi connectivity index (χ0n) is 8.19. The van der Waals surface area contributed by atoms with E-state index in [0.717, 1.165) is 4.88 Å². The SMILES string of the molecule is CCNC(=O)C(=O)N/N=C/c1cccs1. The Labute approximate surface area is 91.2 Å². The maximum Gasteiger partial charge on any atom is 0.329 e. The highest BCUT2D eigenvalue weighted by molar-refractivity contribution is 7.11. The Morgan fingerprint density at radius 2 is 2.33 bits per heavy atom. The van der Waals surface area contributed by atoms with Gasteiger partial charge in [0.1, 0.15) is 0 Å². The van der Waals surface area contributed by atoms with Crippen molar-refractivity contribution in [2.45, 2.75) is 6.92 Å². The standard InChI is InChI=1S/C9H11N3O2S/c1-2-10-8(13)9(14)12-11-6-7-4-3-5-15-7/h3-6H,2H2,1H3,(H,10,13)(H,12,14)/b11-6+. The molecule has 0 aromatic carbocycles. The van der Waals surface area contributed by atoms with Gasteiger partial charge >= 0.3 is 11.8 Å². The number of nitrogens with one attached hydrogen (secondary N) is 2. The lowest BCUT2D eigenvalue weighted by molar-refractivity contribution is -0.139. The van der Waals surface area contributed by atoms with Crippen molar-refractivity contribution in [2.24, 2.45) is 5.10 Å². The number of carbonyl (C=O) groups is 2. The summed E-state index contributed by atoms with van der Waals surface area (Å²) in [4.78, 5) is 22.9. The number of hydrogen-bond donors (Lipinski definition) is 2. The molecule has 0 spiro atoms. The highest BCUT2D eigenvalue weighted by Crippen LogP contribution is 2.03. The molecule has 15 heavy (non-hydrogen) atoms. The predicted molar refractivity (Wildman–Crippen MR) is 58.7 cm³/mol. The first kappa shape index (κ1) is 11.4. The number of rotatable bonds is 3. The minimum Gasteiger partial charge on any atom is -0.348 e. The molecule has 6 heteroatoms. The summed E-state index contributed by atoms with van der Waals surface area (Å²) in [6, 6.07) is 3.73. The van der Waals surface area contributed by atoms with Crippen LogP contribution in [0.4, 0.5) is 0 Å². The molecular weight excluding hydrogens is 214 g/mol. The molecule has 2 amide bonds. The van der Waals surface area contributed by atoms with Gasteiger partial charge in [-0.25, -0.2) is 5.43 Å². The van der Waals surface area contributed by atoms with Crippen LogP contribution in [0, 0.1) is 0 Å². The Morgan fingerprint density at radius 1 is 1.53 bits per heavy atom. The fourth-order valence-electron chi connectivity index (χ4n) is 0.811. The number of amides is 2. The summed E-state index contributed by atoms with van der Waals surface area (Å²) in [6.45, 7) is 2.15. The Morgan fingerprint density at radius 3 is 2.93 bits per heavy atom. The Kier molecular flexibility index (Phi) is 4.49. The summed E-state index contributed by atoms with van der Waals surface area (Å²) < 4.78 is 0. The van der Waals surface area contributed by atoms with E-state index in [4.69, 9.17) is 0 Å². The van der Waals surface area contributed by atoms with Gasteiger partial charge in [0.15, 0.2) is 0 Å².